The Hall–Kier alpha value is -4.75. The molecule has 0 bridgehead atoms. The third-order valence-corrected chi connectivity index (χ3v) is 8.42. The summed E-state index contributed by atoms with van der Waals surface area (Å²) in [7, 11) is 22.0. The van der Waals surface area contributed by atoms with Crippen LogP contribution in [0.1, 0.15) is 0 Å². The second-order valence-electron chi connectivity index (χ2n) is 11.7. The van der Waals surface area contributed by atoms with Crippen LogP contribution >= 0.6 is 18.5 Å². The number of hydrogen-bond donors (Lipinski definition) is 0. The van der Waals surface area contributed by atoms with Crippen LogP contribution in [-0.2, 0) is 24.3 Å². The Labute approximate surface area is 398 Å². The van der Waals surface area contributed by atoms with Crippen molar-refractivity contribution in [3.8, 4) is 57.1 Å². The van der Waals surface area contributed by atoms with Crippen LogP contribution in [0.4, 0.5) is 0 Å². The van der Waals surface area contributed by atoms with Crippen LogP contribution in [0, 0.1) is 0 Å². The maximum absolute atomic E-state index is 9.43. The second kappa shape index (κ2) is 38.0. The predicted octanol–water partition coefficient (Wildman–Crippen LogP) is 2.88. The normalized spacial score (nSPS) is 8.65. The molecule has 0 heterocycles. The molecule has 337 valence electrons. The first-order valence-electron chi connectivity index (χ1n) is 18.1. The van der Waals surface area contributed by atoms with Gasteiger partial charge in [0.1, 0.15) is 46.0 Å². The fourth-order valence-corrected chi connectivity index (χ4v) is 5.35. The van der Waals surface area contributed by atoms with Gasteiger partial charge in [0.2, 0.25) is 6.41 Å². The fourth-order valence-electron chi connectivity index (χ4n) is 4.52. The van der Waals surface area contributed by atoms with E-state index in [0.29, 0.717) is 0 Å². The first-order valence-corrected chi connectivity index (χ1v) is 19.2. The summed E-state index contributed by atoms with van der Waals surface area (Å²) >= 11 is 0. The molecule has 62 heavy (non-hydrogen) atoms. The molecule has 1 amide bonds. The predicted molar refractivity (Wildman–Crippen MR) is 249 cm³/mol. The van der Waals surface area contributed by atoms with Crippen molar-refractivity contribution in [1.82, 2.24) is 4.90 Å². The van der Waals surface area contributed by atoms with E-state index in [1.807, 2.05) is 146 Å². The van der Waals surface area contributed by atoms with Gasteiger partial charge in [0, 0.05) is 42.7 Å². The van der Waals surface area contributed by atoms with Crippen molar-refractivity contribution < 1.29 is 87.0 Å². The van der Waals surface area contributed by atoms with E-state index in [1.54, 1.807) is 71.0 Å². The van der Waals surface area contributed by atoms with Gasteiger partial charge in [-0.25, -0.2) is 0 Å². The first kappa shape index (κ1) is 61.6. The van der Waals surface area contributed by atoms with Gasteiger partial charge in [-0.1, -0.05) is 72.8 Å². The molecule has 6 aromatic carbocycles. The van der Waals surface area contributed by atoms with E-state index >= 15 is 0 Å². The third-order valence-electron chi connectivity index (χ3n) is 7.51. The second-order valence-corrected chi connectivity index (χ2v) is 13.0. The van der Waals surface area contributed by atoms with Crippen molar-refractivity contribution in [1.29, 1.82) is 0 Å². The molecule has 0 spiro atoms. The minimum atomic E-state index is 0. The summed E-state index contributed by atoms with van der Waals surface area (Å²) in [5, 5.41) is 1.91. The quantitative estimate of drug-likeness (QED) is 0.117. The molecule has 2 atom stereocenters. The Morgan fingerprint density at radius 1 is 0.403 bits per heavy atom. The molecule has 0 fully saturated rings. The molecule has 6 rings (SSSR count). The van der Waals surface area contributed by atoms with Crippen LogP contribution in [0.3, 0.4) is 0 Å². The van der Waals surface area contributed by atoms with E-state index in [-0.39, 0.29) is 44.3 Å². The van der Waals surface area contributed by atoms with Gasteiger partial charge in [-0.2, -0.15) is 0 Å². The molecule has 0 aromatic heterocycles. The molecule has 6 aromatic rings. The number of methoxy groups -OCH3 is 8. The van der Waals surface area contributed by atoms with E-state index in [1.165, 1.54) is 4.90 Å². The molecule has 0 saturated heterocycles. The number of carbonyl (C=O) groups is 1. The standard InChI is InChI=1S/C16H20O4P2.4C7H8O.C3H7NO.2ClH.Ru/c1-17-9-5-13(20-4)16(15(22)6-9)10-7-14(21)12(19-3)8-11(10)18-2;4*1-8-7-5-3-2-4-6-7;1-4(2)3-5;;;/h5-8H,21-22H2,1-4H3;4*2-6H,1H3;3H,1-2H3;2*1H;/q;;;;;;;;+3/p-2. The van der Waals surface area contributed by atoms with Crippen LogP contribution in [0.5, 0.6) is 46.0 Å². The van der Waals surface area contributed by atoms with Crippen LogP contribution < -0.4 is 73.3 Å². The number of rotatable bonds is 10. The zero-order chi connectivity index (χ0) is 43.8. The van der Waals surface area contributed by atoms with Gasteiger partial charge in [0.15, 0.2) is 0 Å². The largest absolute Gasteiger partial charge is 3.00 e. The van der Waals surface area contributed by atoms with Gasteiger partial charge in [0.05, 0.1) is 56.9 Å². The SMILES string of the molecule is CN(C)C=O.COc1cc(P)c(-c2cc(P)c(OC)cc2OC)c(OC)c1.COc1ccccc1.COc1ccccc1.COc1ccccc1.COc1ccccc1.[Cl-].[Cl-].[Ru+3]. The molecule has 1 radical (unpaired) electrons. The number of nitrogens with zero attached hydrogens (tertiary/aromatic N) is 1. The first-order chi connectivity index (χ1) is 28.5. The van der Waals surface area contributed by atoms with Crippen LogP contribution in [0.25, 0.3) is 11.1 Å². The number of benzene rings is 6. The Balaban J connectivity index is -0.000000730. The molecule has 0 saturated carbocycles. The molecule has 0 aliphatic carbocycles. The molecule has 0 aliphatic rings. The van der Waals surface area contributed by atoms with E-state index < -0.39 is 0 Å². The van der Waals surface area contributed by atoms with Crippen molar-refractivity contribution in [3.63, 3.8) is 0 Å². The summed E-state index contributed by atoms with van der Waals surface area (Å²) in [6.45, 7) is 0. The van der Waals surface area contributed by atoms with Gasteiger partial charge in [0.25, 0.3) is 0 Å². The van der Waals surface area contributed by atoms with Crippen LogP contribution in [0.2, 0.25) is 0 Å². The Morgan fingerprint density at radius 2 is 0.710 bits per heavy atom. The van der Waals surface area contributed by atoms with E-state index in [4.69, 9.17) is 37.9 Å². The summed E-state index contributed by atoms with van der Waals surface area (Å²) in [6.07, 6.45) is 0.750. The van der Waals surface area contributed by atoms with Gasteiger partial charge >= 0.3 is 19.5 Å². The Bertz CT molecular complexity index is 1830. The van der Waals surface area contributed by atoms with E-state index in [2.05, 4.69) is 18.5 Å². The van der Waals surface area contributed by atoms with Gasteiger partial charge < -0.3 is 67.6 Å². The van der Waals surface area contributed by atoms with Crippen molar-refractivity contribution in [3.05, 3.63) is 146 Å². The zero-order valence-electron chi connectivity index (χ0n) is 36.8. The van der Waals surface area contributed by atoms with Crippen molar-refractivity contribution >= 4 is 35.5 Å². The van der Waals surface area contributed by atoms with E-state index in [9.17, 15) is 4.79 Å². The molecule has 2 unspecified atom stereocenters. The Kier molecular flexibility index (Phi) is 37.7. The Morgan fingerprint density at radius 3 is 0.952 bits per heavy atom. The van der Waals surface area contributed by atoms with Gasteiger partial charge in [-0.15, -0.1) is 18.5 Å². The average Bonchev–Trinajstić information content (AvgIpc) is 3.30. The summed E-state index contributed by atoms with van der Waals surface area (Å²) in [4.78, 5) is 10.9. The monoisotopic (exact) mass is 1020 g/mol. The molecular formula is C47H59Cl2NO9P2Ru+. The van der Waals surface area contributed by atoms with Gasteiger partial charge in [-0.05, 0) is 66.0 Å². The number of carbonyl (C=O) groups excluding carboxylic acids is 1. The minimum absolute atomic E-state index is 0. The van der Waals surface area contributed by atoms with Crippen molar-refractivity contribution in [2.75, 3.05) is 71.0 Å². The molecular weight excluding hydrogens is 956 g/mol. The number of amides is 1. The number of para-hydroxylation sites is 4. The summed E-state index contributed by atoms with van der Waals surface area (Å²) in [6, 6.07) is 46.4. The van der Waals surface area contributed by atoms with Crippen molar-refractivity contribution in [2.24, 2.45) is 0 Å². The zero-order valence-corrected chi connectivity index (χ0v) is 42.4. The van der Waals surface area contributed by atoms with Crippen LogP contribution in [-0.4, -0.2) is 82.3 Å². The van der Waals surface area contributed by atoms with Crippen molar-refractivity contribution in [2.45, 2.75) is 0 Å². The number of ether oxygens (including phenoxy) is 8. The summed E-state index contributed by atoms with van der Waals surface area (Å²) in [5.74, 6) is 6.57. The van der Waals surface area contributed by atoms with Gasteiger partial charge in [-0.3, -0.25) is 4.79 Å². The molecule has 0 aliphatic heterocycles. The molecule has 10 nitrogen and oxygen atoms in total. The molecule has 15 heteroatoms. The summed E-state index contributed by atoms with van der Waals surface area (Å²) in [5.41, 5.74) is 1.87. The van der Waals surface area contributed by atoms with E-state index in [0.717, 1.165) is 74.1 Å². The summed E-state index contributed by atoms with van der Waals surface area (Å²) < 4.78 is 41.4. The van der Waals surface area contributed by atoms with Crippen LogP contribution in [0.15, 0.2) is 146 Å². The number of hydrogen-bond acceptors (Lipinski definition) is 9. The average molecular weight is 1020 g/mol. The molecule has 0 N–H and O–H groups in total. The third kappa shape index (κ3) is 24.6. The maximum Gasteiger partial charge on any atom is 3.00 e. The number of halogens is 2. The smallest absolute Gasteiger partial charge is 1.00 e. The maximum atomic E-state index is 9.43. The minimum Gasteiger partial charge on any atom is -1.00 e. The topological polar surface area (TPSA) is 94.2 Å². The fraction of sp³-hybridized carbons (Fsp3) is 0.213.